The monoisotopic (exact) mass is 345 g/mol. The molecule has 0 saturated carbocycles. The quantitative estimate of drug-likeness (QED) is 0.927. The second-order valence-corrected chi connectivity index (χ2v) is 7.65. The van der Waals surface area contributed by atoms with Crippen molar-refractivity contribution >= 4 is 26.5 Å². The first-order chi connectivity index (χ1) is 10.2. The Kier molecular flexibility index (Phi) is 4.62. The van der Waals surface area contributed by atoms with E-state index in [-0.39, 0.29) is 21.0 Å². The Bertz CT molecular complexity index is 851. The van der Waals surface area contributed by atoms with E-state index in [2.05, 4.69) is 4.72 Å². The van der Waals surface area contributed by atoms with E-state index in [0.29, 0.717) is 0 Å². The maximum atomic E-state index is 13.7. The highest BCUT2D eigenvalue weighted by atomic mass is 32.2. The molecule has 1 atom stereocenters. The molecule has 0 amide bonds. The fourth-order valence-corrected chi connectivity index (χ4v) is 3.52. The van der Waals surface area contributed by atoms with Gasteiger partial charge in [0.05, 0.1) is 26.3 Å². The minimum atomic E-state index is -3.96. The van der Waals surface area contributed by atoms with Crippen LogP contribution in [0.4, 0.5) is 14.5 Å². The first-order valence-corrected chi connectivity index (χ1v) is 9.17. The largest absolute Gasteiger partial charge is 0.280 e. The lowest BCUT2D eigenvalue weighted by Crippen LogP contribution is -2.13. The highest BCUT2D eigenvalue weighted by molar-refractivity contribution is 7.92. The third-order valence-corrected chi connectivity index (χ3v) is 5.26. The van der Waals surface area contributed by atoms with Gasteiger partial charge in [-0.25, -0.2) is 17.2 Å². The van der Waals surface area contributed by atoms with Crippen molar-refractivity contribution in [3.05, 3.63) is 53.6 Å². The lowest BCUT2D eigenvalue weighted by Gasteiger charge is -2.10. The molecule has 0 spiro atoms. The van der Waals surface area contributed by atoms with Gasteiger partial charge in [0.15, 0.2) is 0 Å². The van der Waals surface area contributed by atoms with Crippen molar-refractivity contribution in [1.82, 2.24) is 0 Å². The molecule has 118 valence electrons. The van der Waals surface area contributed by atoms with Crippen molar-refractivity contribution in [3.63, 3.8) is 0 Å². The summed E-state index contributed by atoms with van der Waals surface area (Å²) in [5.41, 5.74) is 0.180. The van der Waals surface area contributed by atoms with Crippen LogP contribution in [0.5, 0.6) is 0 Å². The van der Waals surface area contributed by atoms with E-state index in [1.54, 1.807) is 0 Å². The van der Waals surface area contributed by atoms with Gasteiger partial charge in [0.25, 0.3) is 10.0 Å². The average molecular weight is 345 g/mol. The van der Waals surface area contributed by atoms with Crippen LogP contribution in [0.25, 0.3) is 0 Å². The van der Waals surface area contributed by atoms with Crippen molar-refractivity contribution in [2.24, 2.45) is 0 Å². The molecular weight excluding hydrogens is 332 g/mol. The van der Waals surface area contributed by atoms with Crippen molar-refractivity contribution in [2.45, 2.75) is 16.7 Å². The predicted molar refractivity (Wildman–Crippen MR) is 80.7 cm³/mol. The molecule has 0 bridgehead atoms. The molecule has 0 saturated heterocycles. The number of benzene rings is 2. The van der Waals surface area contributed by atoms with E-state index in [4.69, 9.17) is 0 Å². The molecule has 22 heavy (non-hydrogen) atoms. The van der Waals surface area contributed by atoms with Crippen molar-refractivity contribution in [2.75, 3.05) is 11.0 Å². The van der Waals surface area contributed by atoms with Gasteiger partial charge in [-0.15, -0.1) is 0 Å². The molecular formula is C14H13F2NO3S2. The molecule has 0 fully saturated rings. The van der Waals surface area contributed by atoms with Gasteiger partial charge in [-0.2, -0.15) is 0 Å². The smallest absolute Gasteiger partial charge is 0.261 e. The molecule has 2 aromatic rings. The van der Waals surface area contributed by atoms with Gasteiger partial charge >= 0.3 is 0 Å². The molecule has 2 aromatic carbocycles. The van der Waals surface area contributed by atoms with Crippen LogP contribution in [0.15, 0.2) is 46.2 Å². The number of nitrogens with one attached hydrogen (secondary N) is 1. The van der Waals surface area contributed by atoms with E-state index in [1.807, 2.05) is 0 Å². The van der Waals surface area contributed by atoms with Gasteiger partial charge < -0.3 is 0 Å². The average Bonchev–Trinajstić information content (AvgIpc) is 2.40. The van der Waals surface area contributed by atoms with Crippen LogP contribution in [-0.2, 0) is 20.8 Å². The second kappa shape index (κ2) is 6.13. The minimum absolute atomic E-state index is 0.00585. The molecule has 0 aliphatic rings. The zero-order valence-corrected chi connectivity index (χ0v) is 13.4. The summed E-state index contributed by atoms with van der Waals surface area (Å²) in [5.74, 6) is -1.28. The van der Waals surface area contributed by atoms with Gasteiger partial charge in [0, 0.05) is 6.26 Å². The van der Waals surface area contributed by atoms with E-state index in [0.717, 1.165) is 18.2 Å². The standard InChI is InChI=1S/C14H13F2NO3S2/c1-9-7-11(4-5-12(9)15)22(19,20)17-10-3-6-14(21(2)18)13(16)8-10/h3-8,17H,1-2H3/t21-/m0/s1. The summed E-state index contributed by atoms with van der Waals surface area (Å²) in [6.07, 6.45) is 1.32. The number of halogens is 2. The molecule has 4 nitrogen and oxygen atoms in total. The lowest BCUT2D eigenvalue weighted by atomic mass is 10.2. The SMILES string of the molecule is Cc1cc(S(=O)(=O)Nc2ccc([S@](C)=O)c(F)c2)ccc1F. The van der Waals surface area contributed by atoms with Gasteiger partial charge in [-0.05, 0) is 48.9 Å². The Morgan fingerprint density at radius 1 is 1.05 bits per heavy atom. The molecule has 0 unspecified atom stereocenters. The predicted octanol–water partition coefficient (Wildman–Crippen LogP) is 2.81. The fraction of sp³-hybridized carbons (Fsp3) is 0.143. The highest BCUT2D eigenvalue weighted by Crippen LogP contribution is 2.21. The fourth-order valence-electron chi connectivity index (χ4n) is 1.80. The summed E-state index contributed by atoms with van der Waals surface area (Å²) in [6, 6.07) is 6.87. The Morgan fingerprint density at radius 3 is 2.27 bits per heavy atom. The summed E-state index contributed by atoms with van der Waals surface area (Å²) < 4.78 is 64.7. The normalized spacial score (nSPS) is 12.9. The second-order valence-electron chi connectivity index (χ2n) is 4.62. The molecule has 8 heteroatoms. The molecule has 0 radical (unpaired) electrons. The Morgan fingerprint density at radius 2 is 1.73 bits per heavy atom. The van der Waals surface area contributed by atoms with Crippen LogP contribution < -0.4 is 4.72 Å². The number of anilines is 1. The first kappa shape index (κ1) is 16.6. The topological polar surface area (TPSA) is 63.2 Å². The van der Waals surface area contributed by atoms with Crippen LogP contribution in [0.2, 0.25) is 0 Å². The van der Waals surface area contributed by atoms with Gasteiger partial charge in [0.1, 0.15) is 11.6 Å². The zero-order valence-electron chi connectivity index (χ0n) is 11.8. The number of hydrogen-bond acceptors (Lipinski definition) is 3. The van der Waals surface area contributed by atoms with Crippen molar-refractivity contribution in [1.29, 1.82) is 0 Å². The van der Waals surface area contributed by atoms with Gasteiger partial charge in [0.2, 0.25) is 0 Å². The van der Waals surface area contributed by atoms with E-state index in [1.165, 1.54) is 31.4 Å². The lowest BCUT2D eigenvalue weighted by molar-refractivity contribution is 0.595. The van der Waals surface area contributed by atoms with Crippen LogP contribution in [0.3, 0.4) is 0 Å². The number of sulfonamides is 1. The maximum Gasteiger partial charge on any atom is 0.261 e. The zero-order chi connectivity index (χ0) is 16.5. The third kappa shape index (κ3) is 3.50. The summed E-state index contributed by atoms with van der Waals surface area (Å²) in [5, 5.41) is 0. The minimum Gasteiger partial charge on any atom is -0.280 e. The van der Waals surface area contributed by atoms with Crippen LogP contribution in [0, 0.1) is 18.6 Å². The van der Waals surface area contributed by atoms with Gasteiger partial charge in [-0.1, -0.05) is 0 Å². The maximum absolute atomic E-state index is 13.7. The number of hydrogen-bond donors (Lipinski definition) is 1. The summed E-state index contributed by atoms with van der Waals surface area (Å²) >= 11 is 0. The van der Waals surface area contributed by atoms with Gasteiger partial charge in [-0.3, -0.25) is 8.93 Å². The molecule has 1 N–H and O–H groups in total. The van der Waals surface area contributed by atoms with Crippen LogP contribution in [-0.4, -0.2) is 18.9 Å². The van der Waals surface area contributed by atoms with Crippen LogP contribution >= 0.6 is 0 Å². The van der Waals surface area contributed by atoms with E-state index in [9.17, 15) is 21.4 Å². The number of rotatable bonds is 4. The summed E-state index contributed by atoms with van der Waals surface area (Å²) in [7, 11) is -5.47. The van der Waals surface area contributed by atoms with E-state index >= 15 is 0 Å². The third-order valence-electron chi connectivity index (χ3n) is 2.93. The molecule has 0 aliphatic carbocycles. The molecule has 0 aliphatic heterocycles. The Labute approximate surface area is 129 Å². The number of aryl methyl sites for hydroxylation is 1. The summed E-state index contributed by atoms with van der Waals surface area (Å²) in [6.45, 7) is 1.44. The Hall–Kier alpha value is -1.80. The van der Waals surface area contributed by atoms with E-state index < -0.39 is 32.5 Å². The van der Waals surface area contributed by atoms with Crippen molar-refractivity contribution in [3.8, 4) is 0 Å². The molecule has 0 heterocycles. The molecule has 0 aromatic heterocycles. The van der Waals surface area contributed by atoms with Crippen LogP contribution in [0.1, 0.15) is 5.56 Å². The highest BCUT2D eigenvalue weighted by Gasteiger charge is 2.16. The molecule has 2 rings (SSSR count). The Balaban J connectivity index is 2.34. The van der Waals surface area contributed by atoms with Crippen molar-refractivity contribution < 1.29 is 21.4 Å². The summed E-state index contributed by atoms with van der Waals surface area (Å²) in [4.78, 5) is -0.143. The first-order valence-electron chi connectivity index (χ1n) is 6.12.